The molecule has 370 valence electrons. The summed E-state index contributed by atoms with van der Waals surface area (Å²) in [5, 5.41) is 25.3. The zero-order valence-corrected chi connectivity index (χ0v) is 41.0. The molecule has 7 rings (SSSR count). The second-order valence-corrected chi connectivity index (χ2v) is 18.8. The molecule has 17 nitrogen and oxygen atoms in total. The van der Waals surface area contributed by atoms with Crippen molar-refractivity contribution >= 4 is 86.2 Å². The number of thiophene rings is 1. The second kappa shape index (κ2) is 25.4. The quantitative estimate of drug-likeness (QED) is 0.0708. The largest absolute Gasteiger partial charge is 0.480 e. The Labute approximate surface area is 421 Å². The van der Waals surface area contributed by atoms with Crippen LogP contribution in [0.15, 0.2) is 131 Å². The van der Waals surface area contributed by atoms with Gasteiger partial charge in [-0.1, -0.05) is 107 Å². The van der Waals surface area contributed by atoms with Gasteiger partial charge in [-0.3, -0.25) is 38.4 Å². The number of carboxylic acid groups (broad SMARTS) is 1. The molecule has 6 N–H and O–H groups in total. The number of ketones is 1. The lowest BCUT2D eigenvalue weighted by Crippen LogP contribution is -2.59. The molecule has 7 atom stereocenters. The first-order chi connectivity index (χ1) is 34.0. The Kier molecular flexibility index (Phi) is 18.9. The van der Waals surface area contributed by atoms with Gasteiger partial charge in [0.15, 0.2) is 5.78 Å². The summed E-state index contributed by atoms with van der Waals surface area (Å²) >= 11 is 4.67. The van der Waals surface area contributed by atoms with Crippen LogP contribution in [0.3, 0.4) is 0 Å². The third kappa shape index (κ3) is 16.0. The van der Waals surface area contributed by atoms with Crippen LogP contribution in [0.25, 0.3) is 0 Å². The molecule has 5 amide bonds. The molecule has 2 aliphatic rings. The lowest BCUT2D eigenvalue weighted by atomic mass is 9.89. The van der Waals surface area contributed by atoms with Gasteiger partial charge in [0, 0.05) is 60.5 Å². The molecule has 0 radical (unpaired) electrons. The second-order valence-electron chi connectivity index (χ2n) is 16.9. The number of ether oxygens (including phenoxy) is 2. The van der Waals surface area contributed by atoms with Crippen molar-refractivity contribution in [2.75, 3.05) is 5.32 Å². The number of benzene rings is 4. The van der Waals surface area contributed by atoms with Crippen LogP contribution < -0.4 is 26.6 Å². The molecule has 3 heterocycles. The number of fused-ring (bicyclic) bond motifs is 18. The highest BCUT2D eigenvalue weighted by Gasteiger charge is 2.42. The minimum absolute atomic E-state index is 0.0308. The van der Waals surface area contributed by atoms with E-state index in [-0.39, 0.29) is 37.8 Å². The molecule has 1 aromatic heterocycles. The van der Waals surface area contributed by atoms with Crippen molar-refractivity contribution in [2.45, 2.75) is 88.7 Å². The normalized spacial score (nSPS) is 20.7. The van der Waals surface area contributed by atoms with Crippen molar-refractivity contribution in [1.29, 1.82) is 0 Å². The molecule has 5 aromatic rings. The number of carbonyl (C=O) groups is 9. The van der Waals surface area contributed by atoms with Crippen LogP contribution in [-0.2, 0) is 84.7 Å². The van der Waals surface area contributed by atoms with Crippen molar-refractivity contribution < 1.29 is 57.7 Å². The van der Waals surface area contributed by atoms with Crippen molar-refractivity contribution in [3.05, 3.63) is 158 Å². The average molecular weight is 1050 g/mol. The van der Waals surface area contributed by atoms with Gasteiger partial charge in [0.1, 0.15) is 18.1 Å². The third-order valence-corrected chi connectivity index (χ3v) is 12.8. The van der Waals surface area contributed by atoms with Gasteiger partial charge in [0.2, 0.25) is 29.9 Å². The molecule has 71 heavy (non-hydrogen) atoms. The first kappa shape index (κ1) is 52.9. The number of amides is 5. The topological polar surface area (TPSA) is 252 Å². The van der Waals surface area contributed by atoms with Gasteiger partial charge in [0.05, 0.1) is 6.04 Å². The molecule has 0 aliphatic carbocycles. The molecular formula is C52H52BrN5O12S. The number of hydrogen-bond donors (Lipinski definition) is 6. The van der Waals surface area contributed by atoms with E-state index in [9.17, 15) is 48.3 Å². The summed E-state index contributed by atoms with van der Waals surface area (Å²) in [7, 11) is 0. The molecular weight excluding hydrogens is 999 g/mol. The summed E-state index contributed by atoms with van der Waals surface area (Å²) < 4.78 is 11.4. The maximum absolute atomic E-state index is 14.8. The molecule has 0 fully saturated rings. The van der Waals surface area contributed by atoms with Crippen molar-refractivity contribution in [2.24, 2.45) is 5.92 Å². The zero-order chi connectivity index (χ0) is 51.0. The first-order valence-corrected chi connectivity index (χ1v) is 24.2. The number of hydrogen-bond acceptors (Lipinski definition) is 12. The van der Waals surface area contributed by atoms with E-state index in [4.69, 9.17) is 9.47 Å². The van der Waals surface area contributed by atoms with Gasteiger partial charge in [-0.2, -0.15) is 0 Å². The Hall–Kier alpha value is -7.51. The van der Waals surface area contributed by atoms with Crippen molar-refractivity contribution in [3.63, 3.8) is 0 Å². The monoisotopic (exact) mass is 1050 g/mol. The summed E-state index contributed by atoms with van der Waals surface area (Å²) in [6.07, 6.45) is -5.13. The van der Waals surface area contributed by atoms with Gasteiger partial charge in [-0.05, 0) is 70.8 Å². The zero-order valence-electron chi connectivity index (χ0n) is 38.6. The van der Waals surface area contributed by atoms with E-state index in [0.717, 1.165) is 18.3 Å². The third-order valence-electron chi connectivity index (χ3n) is 11.4. The highest BCUT2D eigenvalue weighted by Crippen LogP contribution is 2.22. The number of esters is 2. The van der Waals surface area contributed by atoms with Gasteiger partial charge < -0.3 is 41.2 Å². The Morgan fingerprint density at radius 2 is 1.17 bits per heavy atom. The van der Waals surface area contributed by atoms with Crippen molar-refractivity contribution in [1.82, 2.24) is 21.3 Å². The average Bonchev–Trinajstić information content (AvgIpc) is 3.86. The fourth-order valence-electron chi connectivity index (χ4n) is 7.87. The Balaban J connectivity index is 1.44. The predicted molar refractivity (Wildman–Crippen MR) is 265 cm³/mol. The van der Waals surface area contributed by atoms with E-state index in [1.165, 1.54) is 23.5 Å². The van der Waals surface area contributed by atoms with E-state index >= 15 is 0 Å². The van der Waals surface area contributed by atoms with Gasteiger partial charge >= 0.3 is 17.9 Å². The molecule has 19 heteroatoms. The van der Waals surface area contributed by atoms with E-state index < -0.39 is 102 Å². The number of carboxylic acids is 1. The SMILES string of the molecule is CC(=O)O[C@H]1C(=O)Nc2ccc(cc2)C[C@@H](C(=O)N[C@@H](Cc2ccccc2)C(=O)O)CC(=O)[C@H](Cc2ccccc2)NC(=O)[C@@H](Cc2ccc(Br)cc2)NC(=O)[C@H](Cc2cccs2)NC(=O)[C@@H]1OC(C)=O. The summed E-state index contributed by atoms with van der Waals surface area (Å²) in [4.78, 5) is 125. The molecule has 0 saturated carbocycles. The molecule has 2 aliphatic heterocycles. The first-order valence-electron chi connectivity index (χ1n) is 22.6. The summed E-state index contributed by atoms with van der Waals surface area (Å²) in [5.41, 5.74) is 2.49. The number of rotatable bonds is 13. The van der Waals surface area contributed by atoms with Crippen LogP contribution in [0.4, 0.5) is 5.69 Å². The fourth-order valence-corrected chi connectivity index (χ4v) is 8.88. The highest BCUT2D eigenvalue weighted by molar-refractivity contribution is 9.10. The summed E-state index contributed by atoms with van der Waals surface area (Å²) in [6.45, 7) is 1.96. The Morgan fingerprint density at radius 3 is 1.75 bits per heavy atom. The molecule has 0 unspecified atom stereocenters. The van der Waals surface area contributed by atoms with Crippen LogP contribution in [0.1, 0.15) is 47.4 Å². The molecule has 4 aromatic carbocycles. The maximum atomic E-state index is 14.8. The van der Waals surface area contributed by atoms with Gasteiger partial charge in [0.25, 0.3) is 11.8 Å². The number of halogens is 1. The number of Topliss-reactive ketones (excluding diaryl/α,β-unsaturated/α-hetero) is 1. The highest BCUT2D eigenvalue weighted by atomic mass is 79.9. The van der Waals surface area contributed by atoms with E-state index in [0.29, 0.717) is 27.1 Å². The lowest BCUT2D eigenvalue weighted by molar-refractivity contribution is -0.173. The van der Waals surface area contributed by atoms with Crippen LogP contribution in [0, 0.1) is 5.92 Å². The van der Waals surface area contributed by atoms with E-state index in [2.05, 4.69) is 42.5 Å². The minimum Gasteiger partial charge on any atom is -0.480 e. The van der Waals surface area contributed by atoms with E-state index in [1.807, 2.05) is 0 Å². The number of carbonyl (C=O) groups excluding carboxylic acids is 8. The minimum atomic E-state index is -2.12. The summed E-state index contributed by atoms with van der Waals surface area (Å²) in [5.74, 6) is -9.80. The number of nitrogens with one attached hydrogen (secondary N) is 5. The standard InChI is InChI=1S/C52H52BrN5O12S/c1-30(59)69-45-46(70-31(2)60)51(66)57-42(29-39-14-9-23-71-39)49(64)56-41(26-35-15-19-37(53)20-16-35)48(63)55-40(25-32-10-5-3-6-11-32)44(61)28-36(24-34-17-21-38(22-18-34)54-50(45)65)47(62)58-43(52(67)68)27-33-12-7-4-8-13-33/h3-23,36,40-43,45-46H,24-29H2,1-2H3,(H,54,65)(H,55,63)(H,56,64)(H,57,66)(H,58,62)(H,67,68)/t36-,40+,41-,42+,43+,45-,46-/m1/s1. The fraction of sp³-hybridized carbons (Fsp3) is 0.288. The Bertz CT molecular complexity index is 2690. The van der Waals surface area contributed by atoms with Crippen LogP contribution in [0.2, 0.25) is 0 Å². The number of aliphatic carboxylic acids is 1. The van der Waals surface area contributed by atoms with Crippen molar-refractivity contribution in [3.8, 4) is 0 Å². The predicted octanol–water partition coefficient (Wildman–Crippen LogP) is 4.44. The van der Waals surface area contributed by atoms with Gasteiger partial charge in [-0.15, -0.1) is 11.3 Å². The molecule has 0 saturated heterocycles. The summed E-state index contributed by atoms with van der Waals surface area (Å²) in [6, 6.07) is 28.3. The van der Waals surface area contributed by atoms with Crippen LogP contribution in [-0.4, -0.2) is 94.7 Å². The van der Waals surface area contributed by atoms with Crippen LogP contribution in [0.5, 0.6) is 0 Å². The Morgan fingerprint density at radius 1 is 0.634 bits per heavy atom. The molecule has 0 spiro atoms. The lowest BCUT2D eigenvalue weighted by Gasteiger charge is -2.28. The molecule has 2 bridgehead atoms. The smallest absolute Gasteiger partial charge is 0.326 e. The van der Waals surface area contributed by atoms with Gasteiger partial charge in [-0.25, -0.2) is 4.79 Å². The van der Waals surface area contributed by atoms with E-state index in [1.54, 1.807) is 115 Å². The maximum Gasteiger partial charge on any atom is 0.326 e. The number of anilines is 1. The van der Waals surface area contributed by atoms with Crippen LogP contribution >= 0.6 is 27.3 Å².